The van der Waals surface area contributed by atoms with E-state index < -0.39 is 0 Å². The molecular formula is C17H23N5O2. The van der Waals surface area contributed by atoms with Gasteiger partial charge in [-0.3, -0.25) is 9.48 Å². The van der Waals surface area contributed by atoms with Gasteiger partial charge in [-0.05, 0) is 31.5 Å². The van der Waals surface area contributed by atoms with Crippen LogP contribution in [0.5, 0.6) is 0 Å². The van der Waals surface area contributed by atoms with Crippen molar-refractivity contribution in [3.05, 3.63) is 47.8 Å². The van der Waals surface area contributed by atoms with E-state index in [1.54, 1.807) is 10.9 Å². The zero-order valence-electron chi connectivity index (χ0n) is 14.3. The molecule has 1 aromatic carbocycles. The first-order valence-corrected chi connectivity index (χ1v) is 7.78. The van der Waals surface area contributed by atoms with Crippen molar-refractivity contribution in [1.29, 1.82) is 0 Å². The van der Waals surface area contributed by atoms with Crippen LogP contribution in [-0.2, 0) is 11.8 Å². The highest BCUT2D eigenvalue weighted by Gasteiger charge is 2.14. The predicted molar refractivity (Wildman–Crippen MR) is 92.5 cm³/mol. The van der Waals surface area contributed by atoms with E-state index in [2.05, 4.69) is 21.0 Å². The third-order valence-corrected chi connectivity index (χ3v) is 3.63. The third-order valence-electron chi connectivity index (χ3n) is 3.63. The lowest BCUT2D eigenvalue weighted by Gasteiger charge is -2.18. The Morgan fingerprint density at radius 3 is 2.38 bits per heavy atom. The summed E-state index contributed by atoms with van der Waals surface area (Å²) in [6, 6.07) is 6.80. The van der Waals surface area contributed by atoms with Gasteiger partial charge in [0.1, 0.15) is 0 Å². The highest BCUT2D eigenvalue weighted by atomic mass is 16.2. The van der Waals surface area contributed by atoms with Gasteiger partial charge in [-0.1, -0.05) is 12.1 Å². The number of hydrogen-bond acceptors (Lipinski definition) is 3. The predicted octanol–water partition coefficient (Wildman–Crippen LogP) is 2.50. The minimum atomic E-state index is -0.260. The van der Waals surface area contributed by atoms with Gasteiger partial charge in [0.25, 0.3) is 0 Å². The van der Waals surface area contributed by atoms with Gasteiger partial charge in [0, 0.05) is 31.4 Å². The first-order chi connectivity index (χ1) is 11.3. The Balaban J connectivity index is 1.94. The van der Waals surface area contributed by atoms with Crippen LogP contribution in [0.15, 0.2) is 36.7 Å². The molecule has 0 aliphatic carbocycles. The molecular weight excluding hydrogens is 306 g/mol. The number of amides is 3. The van der Waals surface area contributed by atoms with E-state index in [-0.39, 0.29) is 24.0 Å². The highest BCUT2D eigenvalue weighted by Crippen LogP contribution is 2.18. The lowest BCUT2D eigenvalue weighted by molar-refractivity contribution is -0.114. The number of carbonyl (C=O) groups excluding carboxylic acids is 2. The minimum absolute atomic E-state index is 0.129. The summed E-state index contributed by atoms with van der Waals surface area (Å²) in [6.45, 7) is 5.25. The second-order valence-electron chi connectivity index (χ2n) is 5.82. The van der Waals surface area contributed by atoms with Gasteiger partial charge >= 0.3 is 6.03 Å². The topological polar surface area (TPSA) is 88.1 Å². The van der Waals surface area contributed by atoms with E-state index in [0.717, 1.165) is 11.1 Å². The molecule has 7 heteroatoms. The van der Waals surface area contributed by atoms with Crippen LogP contribution in [0.3, 0.4) is 0 Å². The maximum absolute atomic E-state index is 12.2. The van der Waals surface area contributed by atoms with Crippen LogP contribution in [0, 0.1) is 0 Å². The van der Waals surface area contributed by atoms with E-state index in [1.807, 2.05) is 51.4 Å². The Bertz CT molecular complexity index is 725. The average Bonchev–Trinajstić information content (AvgIpc) is 2.93. The molecule has 3 amide bonds. The summed E-state index contributed by atoms with van der Waals surface area (Å²) in [5.41, 5.74) is 2.55. The van der Waals surface area contributed by atoms with Crippen molar-refractivity contribution in [3.63, 3.8) is 0 Å². The van der Waals surface area contributed by atoms with Gasteiger partial charge < -0.3 is 16.0 Å². The molecule has 0 saturated carbocycles. The van der Waals surface area contributed by atoms with E-state index in [4.69, 9.17) is 0 Å². The van der Waals surface area contributed by atoms with E-state index in [9.17, 15) is 9.59 Å². The Morgan fingerprint density at radius 2 is 1.79 bits per heavy atom. The SMILES string of the molecule is CC(=O)Nc1cccc(C(C)NC(=O)NC(C)c2cnn(C)c2)c1. The van der Waals surface area contributed by atoms with Gasteiger partial charge in [0.15, 0.2) is 0 Å². The number of nitrogens with zero attached hydrogens (tertiary/aromatic N) is 2. The van der Waals surface area contributed by atoms with Gasteiger partial charge in [-0.15, -0.1) is 0 Å². The molecule has 0 saturated heterocycles. The Kier molecular flexibility index (Phi) is 5.57. The molecule has 0 radical (unpaired) electrons. The number of carbonyl (C=O) groups is 2. The zero-order chi connectivity index (χ0) is 17.7. The van der Waals surface area contributed by atoms with Crippen molar-refractivity contribution in [2.75, 3.05) is 5.32 Å². The van der Waals surface area contributed by atoms with Crippen molar-refractivity contribution in [1.82, 2.24) is 20.4 Å². The molecule has 2 rings (SSSR count). The van der Waals surface area contributed by atoms with Crippen LogP contribution in [-0.4, -0.2) is 21.7 Å². The minimum Gasteiger partial charge on any atom is -0.332 e. The van der Waals surface area contributed by atoms with Gasteiger partial charge in [0.2, 0.25) is 5.91 Å². The van der Waals surface area contributed by atoms with Gasteiger partial charge in [-0.2, -0.15) is 5.10 Å². The van der Waals surface area contributed by atoms with Crippen LogP contribution in [0.1, 0.15) is 44.0 Å². The summed E-state index contributed by atoms with van der Waals surface area (Å²) in [5, 5.41) is 12.6. The Morgan fingerprint density at radius 1 is 1.12 bits per heavy atom. The number of benzene rings is 1. The lowest BCUT2D eigenvalue weighted by atomic mass is 10.1. The molecule has 24 heavy (non-hydrogen) atoms. The molecule has 0 aliphatic heterocycles. The summed E-state index contributed by atoms with van der Waals surface area (Å²) >= 11 is 0. The lowest BCUT2D eigenvalue weighted by Crippen LogP contribution is -2.38. The smallest absolute Gasteiger partial charge is 0.315 e. The monoisotopic (exact) mass is 329 g/mol. The summed E-state index contributed by atoms with van der Waals surface area (Å²) in [7, 11) is 1.83. The van der Waals surface area contributed by atoms with Gasteiger partial charge in [0.05, 0.1) is 18.3 Å². The zero-order valence-corrected chi connectivity index (χ0v) is 14.3. The molecule has 0 bridgehead atoms. The number of aryl methyl sites for hydroxylation is 1. The Hall–Kier alpha value is -2.83. The fourth-order valence-corrected chi connectivity index (χ4v) is 2.35. The standard InChI is InChI=1S/C17H23N5O2/c1-11(14-6-5-7-16(8-14)21-13(3)23)19-17(24)20-12(2)15-9-18-22(4)10-15/h5-12H,1-4H3,(H,21,23)(H2,19,20,24). The molecule has 0 fully saturated rings. The first kappa shape index (κ1) is 17.5. The third kappa shape index (κ3) is 4.84. The average molecular weight is 329 g/mol. The van der Waals surface area contributed by atoms with Crippen molar-refractivity contribution >= 4 is 17.6 Å². The first-order valence-electron chi connectivity index (χ1n) is 7.78. The number of urea groups is 1. The van der Waals surface area contributed by atoms with Crippen molar-refractivity contribution in [2.24, 2.45) is 7.05 Å². The summed E-state index contributed by atoms with van der Waals surface area (Å²) < 4.78 is 1.70. The second kappa shape index (κ2) is 7.63. The summed E-state index contributed by atoms with van der Waals surface area (Å²) in [6.07, 6.45) is 3.59. The van der Waals surface area contributed by atoms with Crippen LogP contribution in [0.2, 0.25) is 0 Å². The molecule has 3 N–H and O–H groups in total. The molecule has 1 aromatic heterocycles. The maximum atomic E-state index is 12.2. The van der Waals surface area contributed by atoms with E-state index in [1.165, 1.54) is 6.92 Å². The fraction of sp³-hybridized carbons (Fsp3) is 0.353. The maximum Gasteiger partial charge on any atom is 0.315 e. The molecule has 7 nitrogen and oxygen atoms in total. The quantitative estimate of drug-likeness (QED) is 0.787. The number of anilines is 1. The normalized spacial score (nSPS) is 13.0. The number of rotatable bonds is 5. The fourth-order valence-electron chi connectivity index (χ4n) is 2.35. The van der Waals surface area contributed by atoms with Crippen molar-refractivity contribution in [2.45, 2.75) is 32.9 Å². The van der Waals surface area contributed by atoms with Crippen LogP contribution in [0.25, 0.3) is 0 Å². The molecule has 0 aliphatic rings. The molecule has 128 valence electrons. The number of nitrogens with one attached hydrogen (secondary N) is 3. The molecule has 0 spiro atoms. The molecule has 2 atom stereocenters. The van der Waals surface area contributed by atoms with Crippen LogP contribution >= 0.6 is 0 Å². The second-order valence-corrected chi connectivity index (χ2v) is 5.82. The van der Waals surface area contributed by atoms with Crippen molar-refractivity contribution in [3.8, 4) is 0 Å². The van der Waals surface area contributed by atoms with Crippen molar-refractivity contribution < 1.29 is 9.59 Å². The summed E-state index contributed by atoms with van der Waals surface area (Å²) in [4.78, 5) is 23.3. The number of aromatic nitrogens is 2. The molecule has 2 unspecified atom stereocenters. The van der Waals surface area contributed by atoms with Crippen LogP contribution in [0.4, 0.5) is 10.5 Å². The van der Waals surface area contributed by atoms with Gasteiger partial charge in [-0.25, -0.2) is 4.79 Å². The molecule has 2 aromatic rings. The largest absolute Gasteiger partial charge is 0.332 e. The molecule has 1 heterocycles. The van der Waals surface area contributed by atoms with Crippen LogP contribution < -0.4 is 16.0 Å². The number of hydrogen-bond donors (Lipinski definition) is 3. The highest BCUT2D eigenvalue weighted by molar-refractivity contribution is 5.88. The Labute approximate surface area is 141 Å². The summed E-state index contributed by atoms with van der Waals surface area (Å²) in [5.74, 6) is -0.129. The van der Waals surface area contributed by atoms with E-state index in [0.29, 0.717) is 5.69 Å². The van der Waals surface area contributed by atoms with E-state index >= 15 is 0 Å².